The van der Waals surface area contributed by atoms with Crippen molar-refractivity contribution in [3.05, 3.63) is 11.1 Å². The van der Waals surface area contributed by atoms with Gasteiger partial charge in [-0.3, -0.25) is 18.9 Å². The second kappa shape index (κ2) is 11.0. The quantitative estimate of drug-likeness (QED) is 0.0586. The molecule has 13 nitrogen and oxygen atoms in total. The Morgan fingerprint density at radius 3 is 2.65 bits per heavy atom. The zero-order valence-corrected chi connectivity index (χ0v) is 21.3. The number of rotatable bonds is 9. The van der Waals surface area contributed by atoms with Crippen molar-refractivity contribution in [2.75, 3.05) is 24.9 Å². The summed E-state index contributed by atoms with van der Waals surface area (Å²) in [6.45, 7) is 2.66. The number of oxime groups is 1. The Bertz CT molecular complexity index is 992. The maximum atomic E-state index is 12.8. The van der Waals surface area contributed by atoms with Crippen LogP contribution < -0.4 is 40.2 Å². The molecule has 1 atom stereocenters. The Kier molecular flexibility index (Phi) is 9.83. The van der Waals surface area contributed by atoms with Gasteiger partial charge in [-0.25, -0.2) is 9.29 Å². The fourth-order valence-corrected chi connectivity index (χ4v) is 3.61. The van der Waals surface area contributed by atoms with Crippen LogP contribution in [0.15, 0.2) is 10.5 Å². The number of ether oxygens (including phenoxy) is 1. The Balaban J connectivity index is 0.00000480. The van der Waals surface area contributed by atoms with Crippen molar-refractivity contribution in [3.63, 3.8) is 0 Å². The van der Waals surface area contributed by atoms with E-state index in [-0.39, 0.29) is 57.7 Å². The van der Waals surface area contributed by atoms with E-state index in [0.29, 0.717) is 0 Å². The summed E-state index contributed by atoms with van der Waals surface area (Å²) in [7, 11) is -3.73. The molecular weight excluding hydrogens is 489 g/mol. The van der Waals surface area contributed by atoms with E-state index < -0.39 is 46.4 Å². The van der Waals surface area contributed by atoms with Gasteiger partial charge >= 0.3 is 39.9 Å². The number of carbonyl (C=O) groups is 3. The molecule has 3 N–H and O–H groups in total. The molecule has 0 radical (unpaired) electrons. The first-order chi connectivity index (χ1) is 13.9. The summed E-state index contributed by atoms with van der Waals surface area (Å²) >= 11 is 6.41. The second-order valence-corrected chi connectivity index (χ2v) is 8.55. The van der Waals surface area contributed by atoms with Gasteiger partial charge in [-0.05, 0) is 13.8 Å². The van der Waals surface area contributed by atoms with E-state index in [1.54, 1.807) is 13.8 Å². The summed E-state index contributed by atoms with van der Waals surface area (Å²) in [5.74, 6) is -2.97. The third-order valence-corrected chi connectivity index (χ3v) is 5.42. The van der Waals surface area contributed by atoms with Gasteiger partial charge in [0.25, 0.3) is 11.8 Å². The number of β-lactam (4-membered cyclic amide) rings is 1. The Morgan fingerprint density at radius 1 is 1.52 bits per heavy atom. The van der Waals surface area contributed by atoms with Gasteiger partial charge in [-0.1, -0.05) is 5.16 Å². The molecule has 17 heteroatoms. The minimum atomic E-state index is -4.80. The van der Waals surface area contributed by atoms with E-state index in [4.69, 9.17) is 25.7 Å². The van der Waals surface area contributed by atoms with E-state index in [0.717, 1.165) is 18.4 Å². The molecule has 1 aliphatic heterocycles. The van der Waals surface area contributed by atoms with Gasteiger partial charge in [0, 0.05) is 12.5 Å². The number of alkyl halides is 1. The summed E-state index contributed by atoms with van der Waals surface area (Å²) in [5.41, 5.74) is -2.38. The molecule has 3 amide bonds. The van der Waals surface area contributed by atoms with E-state index in [1.165, 1.54) is 5.38 Å². The van der Waals surface area contributed by atoms with Gasteiger partial charge in [-0.15, -0.1) is 22.9 Å². The number of hydrogen-bond acceptors (Lipinski definition) is 10. The first kappa shape index (κ1) is 27.7. The van der Waals surface area contributed by atoms with Crippen LogP contribution >= 0.6 is 22.9 Å². The van der Waals surface area contributed by atoms with E-state index >= 15 is 0 Å². The zero-order valence-electron chi connectivity index (χ0n) is 17.9. The van der Waals surface area contributed by atoms with Crippen molar-refractivity contribution in [1.82, 2.24) is 14.6 Å². The topological polar surface area (TPSA) is 177 Å². The molecular formula is C14H19ClN5NaO8S2. The first-order valence-electron chi connectivity index (χ1n) is 8.16. The fourth-order valence-electron chi connectivity index (χ4n) is 2.13. The van der Waals surface area contributed by atoms with Crippen molar-refractivity contribution in [3.8, 4) is 0 Å². The molecule has 0 aliphatic carbocycles. The summed E-state index contributed by atoms with van der Waals surface area (Å²) in [6, 6.07) is 0. The molecule has 2 heterocycles. The number of anilines is 1. The SMILES string of the molecule is COC1(NC(=O)C(=NOC(C)C)c2csc(NC(=O)CCl)n2)CN(S(=O)(=O)O)C1=O.[H-].[Na+]. The standard InChI is InChI=1S/C14H18ClN5O8S2.Na.H/c1-7(2)28-19-10(8-5-29-13(16-8)17-9(21)4-15)11(22)18-14(27-3)6-20(12(14)23)30(24,25)26;;/h5,7H,4,6H2,1-3H3,(H,18,22)(H,16,17,21)(H,24,25,26);;/q;+1;-1. The number of methoxy groups -OCH3 is 1. The zero-order chi connectivity index (χ0) is 22.7. The fraction of sp³-hybridized carbons (Fsp3) is 0.500. The maximum absolute atomic E-state index is 12.8. The predicted octanol–water partition coefficient (Wildman–Crippen LogP) is -3.33. The minimum absolute atomic E-state index is 0. The molecule has 168 valence electrons. The van der Waals surface area contributed by atoms with Crippen molar-refractivity contribution >= 4 is 61.8 Å². The molecule has 0 spiro atoms. The van der Waals surface area contributed by atoms with E-state index in [2.05, 4.69) is 20.8 Å². The number of thiazole rings is 1. The van der Waals surface area contributed by atoms with Crippen LogP contribution in [-0.4, -0.2) is 77.1 Å². The third kappa shape index (κ3) is 6.58. The van der Waals surface area contributed by atoms with Crippen molar-refractivity contribution in [1.29, 1.82) is 0 Å². The summed E-state index contributed by atoms with van der Waals surface area (Å²) in [6.07, 6.45) is -0.404. The predicted molar refractivity (Wildman–Crippen MR) is 106 cm³/mol. The van der Waals surface area contributed by atoms with Crippen LogP contribution in [-0.2, 0) is 34.3 Å². The van der Waals surface area contributed by atoms with Gasteiger partial charge in [-0.2, -0.15) is 8.42 Å². The summed E-state index contributed by atoms with van der Waals surface area (Å²) < 4.78 is 36.4. The van der Waals surface area contributed by atoms with Gasteiger partial charge in [0.05, 0.1) is 6.54 Å². The smallest absolute Gasteiger partial charge is 1.00 e. The second-order valence-electron chi connectivity index (χ2n) is 6.09. The minimum Gasteiger partial charge on any atom is -1.00 e. The summed E-state index contributed by atoms with van der Waals surface area (Å²) in [4.78, 5) is 45.5. The van der Waals surface area contributed by atoms with Crippen LogP contribution in [0.4, 0.5) is 5.13 Å². The van der Waals surface area contributed by atoms with Gasteiger partial charge in [0.2, 0.25) is 11.6 Å². The van der Waals surface area contributed by atoms with Crippen LogP contribution in [0.1, 0.15) is 21.0 Å². The molecule has 1 saturated heterocycles. The van der Waals surface area contributed by atoms with Crippen LogP contribution in [0, 0.1) is 0 Å². The molecule has 1 aromatic heterocycles. The molecule has 1 fully saturated rings. The first-order valence-corrected chi connectivity index (χ1v) is 11.0. The molecule has 2 rings (SSSR count). The number of hydrogen-bond donors (Lipinski definition) is 3. The molecule has 1 aliphatic rings. The Hall–Kier alpha value is -1.33. The normalized spacial score (nSPS) is 18.8. The maximum Gasteiger partial charge on any atom is 1.00 e. The average molecular weight is 508 g/mol. The summed E-state index contributed by atoms with van der Waals surface area (Å²) in [5, 5.41) is 9.92. The largest absolute Gasteiger partial charge is 1.00 e. The number of aromatic nitrogens is 1. The Morgan fingerprint density at radius 2 is 2.16 bits per heavy atom. The van der Waals surface area contributed by atoms with Crippen LogP contribution in [0.5, 0.6) is 0 Å². The molecule has 0 bridgehead atoms. The molecule has 0 saturated carbocycles. The number of halogens is 1. The van der Waals surface area contributed by atoms with Gasteiger partial charge < -0.3 is 21.6 Å². The van der Waals surface area contributed by atoms with Crippen molar-refractivity contribution in [2.45, 2.75) is 25.7 Å². The number of nitrogens with zero attached hydrogens (tertiary/aromatic N) is 3. The molecule has 1 aromatic rings. The average Bonchev–Trinajstić information content (AvgIpc) is 3.11. The molecule has 1 unspecified atom stereocenters. The van der Waals surface area contributed by atoms with Crippen LogP contribution in [0.25, 0.3) is 0 Å². The Labute approximate surface area is 210 Å². The monoisotopic (exact) mass is 507 g/mol. The van der Waals surface area contributed by atoms with Gasteiger partial charge in [0.15, 0.2) is 10.8 Å². The number of nitrogens with one attached hydrogen (secondary N) is 2. The number of carbonyl (C=O) groups excluding carboxylic acids is 3. The van der Waals surface area contributed by atoms with Crippen molar-refractivity contribution in [2.24, 2.45) is 5.16 Å². The van der Waals surface area contributed by atoms with Crippen LogP contribution in [0.2, 0.25) is 0 Å². The van der Waals surface area contributed by atoms with Crippen LogP contribution in [0.3, 0.4) is 0 Å². The molecule has 0 aromatic carbocycles. The third-order valence-electron chi connectivity index (χ3n) is 3.57. The van der Waals surface area contributed by atoms with E-state index in [9.17, 15) is 22.8 Å². The van der Waals surface area contributed by atoms with E-state index in [1.807, 2.05) is 0 Å². The van der Waals surface area contributed by atoms with Crippen molar-refractivity contribution < 1.29 is 67.9 Å². The number of amides is 3. The van der Waals surface area contributed by atoms with Gasteiger partial charge in [0.1, 0.15) is 17.7 Å². The molecule has 31 heavy (non-hydrogen) atoms.